The van der Waals surface area contributed by atoms with Crippen molar-refractivity contribution < 1.29 is 45.6 Å². The van der Waals surface area contributed by atoms with Crippen molar-refractivity contribution in [1.29, 1.82) is 0 Å². The van der Waals surface area contributed by atoms with Crippen LogP contribution in [0.3, 0.4) is 0 Å². The van der Waals surface area contributed by atoms with E-state index in [0.29, 0.717) is 17.5 Å². The minimum atomic E-state index is -1.07. The van der Waals surface area contributed by atoms with Crippen molar-refractivity contribution >= 4 is 17.9 Å². The Morgan fingerprint density at radius 1 is 0.721 bits per heavy atom. The second-order valence-corrected chi connectivity index (χ2v) is 10.7. The first kappa shape index (κ1) is 28.9. The molecule has 8 N–H and O–H groups in total. The first-order valence-corrected chi connectivity index (χ1v) is 13.4. The molecule has 0 radical (unpaired) electrons. The number of phenolic OH excluding ortho intramolecular Hbond substituents is 8. The summed E-state index contributed by atoms with van der Waals surface area (Å²) in [6.07, 6.45) is 5.12. The second kappa shape index (κ2) is 11.4. The molecule has 4 aromatic carbocycles. The summed E-state index contributed by atoms with van der Waals surface area (Å²) < 4.78 is 0. The van der Waals surface area contributed by atoms with E-state index in [9.17, 15) is 45.6 Å². The maximum absolute atomic E-state index is 14.2. The number of carbonyl (C=O) groups is 1. The van der Waals surface area contributed by atoms with Gasteiger partial charge >= 0.3 is 0 Å². The molecule has 1 aliphatic carbocycles. The van der Waals surface area contributed by atoms with Gasteiger partial charge in [0.15, 0.2) is 17.3 Å². The van der Waals surface area contributed by atoms with Crippen LogP contribution in [0.2, 0.25) is 0 Å². The summed E-state index contributed by atoms with van der Waals surface area (Å²) in [6, 6.07) is 14.9. The number of hydrogen-bond donors (Lipinski definition) is 8. The van der Waals surface area contributed by atoms with E-state index in [0.717, 1.165) is 11.6 Å². The minimum absolute atomic E-state index is 0.0462. The van der Waals surface area contributed by atoms with Crippen LogP contribution in [0.4, 0.5) is 0 Å². The monoisotopic (exact) mass is 582 g/mol. The molecule has 3 atom stereocenters. The fourth-order valence-electron chi connectivity index (χ4n) is 5.81. The number of aromatic hydroxyl groups is 8. The Bertz CT molecular complexity index is 1760. The van der Waals surface area contributed by atoms with Gasteiger partial charge < -0.3 is 40.9 Å². The van der Waals surface area contributed by atoms with Crippen molar-refractivity contribution in [2.24, 2.45) is 5.92 Å². The van der Waals surface area contributed by atoms with E-state index in [1.165, 1.54) is 60.7 Å². The summed E-state index contributed by atoms with van der Waals surface area (Å²) in [5.41, 5.74) is 1.79. The Labute approximate surface area is 246 Å². The number of allylic oxidation sites excluding steroid dienone is 2. The summed E-state index contributed by atoms with van der Waals surface area (Å²) in [6.45, 7) is 1.81. The van der Waals surface area contributed by atoms with Gasteiger partial charge in [0.05, 0.1) is 5.56 Å². The molecule has 0 fully saturated rings. The van der Waals surface area contributed by atoms with E-state index in [4.69, 9.17) is 0 Å². The molecule has 9 nitrogen and oxygen atoms in total. The number of carbonyl (C=O) groups excluding carboxylic acids is 1. The molecular weight excluding hydrogens is 552 g/mol. The second-order valence-electron chi connectivity index (χ2n) is 10.7. The van der Waals surface area contributed by atoms with Gasteiger partial charge in [0.1, 0.15) is 34.5 Å². The van der Waals surface area contributed by atoms with Gasteiger partial charge in [-0.1, -0.05) is 35.9 Å². The van der Waals surface area contributed by atoms with Gasteiger partial charge in [-0.2, -0.15) is 0 Å². The van der Waals surface area contributed by atoms with E-state index >= 15 is 0 Å². The maximum atomic E-state index is 14.2. The van der Waals surface area contributed by atoms with Gasteiger partial charge in [0.25, 0.3) is 0 Å². The lowest BCUT2D eigenvalue weighted by Gasteiger charge is -2.37. The topological polar surface area (TPSA) is 179 Å². The molecule has 1 aliphatic rings. The quantitative estimate of drug-likeness (QED) is 0.0567. The average Bonchev–Trinajstić information content (AvgIpc) is 2.93. The van der Waals surface area contributed by atoms with Crippen molar-refractivity contribution in [3.05, 3.63) is 106 Å². The van der Waals surface area contributed by atoms with Crippen molar-refractivity contribution in [2.45, 2.75) is 25.2 Å². The molecule has 0 aromatic heterocycles. The van der Waals surface area contributed by atoms with Crippen molar-refractivity contribution in [2.75, 3.05) is 0 Å². The van der Waals surface area contributed by atoms with Crippen molar-refractivity contribution in [1.82, 2.24) is 0 Å². The molecule has 0 saturated heterocycles. The predicted octanol–water partition coefficient (Wildman–Crippen LogP) is 6.22. The van der Waals surface area contributed by atoms with Crippen LogP contribution >= 0.6 is 0 Å². The van der Waals surface area contributed by atoms with Gasteiger partial charge in [-0.3, -0.25) is 4.79 Å². The Kier molecular flexibility index (Phi) is 7.65. The van der Waals surface area contributed by atoms with E-state index in [1.54, 1.807) is 18.2 Å². The Morgan fingerprint density at radius 3 is 2.02 bits per heavy atom. The highest BCUT2D eigenvalue weighted by Crippen LogP contribution is 2.53. The number of rotatable bonds is 6. The van der Waals surface area contributed by atoms with Gasteiger partial charge in [-0.15, -0.1) is 0 Å². The van der Waals surface area contributed by atoms with E-state index < -0.39 is 35.0 Å². The van der Waals surface area contributed by atoms with Crippen LogP contribution in [-0.4, -0.2) is 46.6 Å². The SMILES string of the molecule is CC1=C[C@@H](c2c(O)cc(C=Cc3ccc(O)cc3O)cc2O)[C@@H](C(=O)c2ccc(O)cc2O)[C@H](c2cccc(O)c2O)C1. The van der Waals surface area contributed by atoms with E-state index in [1.807, 2.05) is 6.92 Å². The zero-order chi connectivity index (χ0) is 31.0. The molecule has 220 valence electrons. The van der Waals surface area contributed by atoms with Gasteiger partial charge in [-0.05, 0) is 61.4 Å². The van der Waals surface area contributed by atoms with E-state index in [2.05, 4.69) is 0 Å². The molecule has 0 saturated carbocycles. The normalized spacial score (nSPS) is 18.4. The number of hydrogen-bond acceptors (Lipinski definition) is 9. The average molecular weight is 583 g/mol. The molecule has 0 unspecified atom stereocenters. The van der Waals surface area contributed by atoms with Crippen LogP contribution in [0.15, 0.2) is 78.4 Å². The lowest BCUT2D eigenvalue weighted by molar-refractivity contribution is 0.0876. The minimum Gasteiger partial charge on any atom is -0.508 e. The van der Waals surface area contributed by atoms with Crippen LogP contribution in [-0.2, 0) is 0 Å². The smallest absolute Gasteiger partial charge is 0.171 e. The summed E-state index contributed by atoms with van der Waals surface area (Å²) in [7, 11) is 0. The number of Topliss-reactive ketones (excluding diaryl/α,β-unsaturated/α-hetero) is 1. The third kappa shape index (κ3) is 5.65. The zero-order valence-electron chi connectivity index (χ0n) is 23.0. The fourth-order valence-corrected chi connectivity index (χ4v) is 5.81. The predicted molar refractivity (Wildman–Crippen MR) is 160 cm³/mol. The lowest BCUT2D eigenvalue weighted by atomic mass is 9.65. The Hall–Kier alpha value is -5.57. The molecular formula is C34H30O9. The molecule has 5 rings (SSSR count). The van der Waals surface area contributed by atoms with Crippen LogP contribution in [0.5, 0.6) is 46.0 Å². The standard InChI is InChI=1S/C34H30O9/c1-17-11-24(22-3-2-4-26(37)33(22)42)31(34(43)23-10-9-21(36)16-28(23)39)25(12-17)32-29(40)13-18(14-30(32)41)5-6-19-7-8-20(35)15-27(19)38/h2-10,12-16,24-25,31,35-42H,11H2,1H3/t24-,25+,31-/m0/s1. The largest absolute Gasteiger partial charge is 0.508 e. The first-order chi connectivity index (χ1) is 20.4. The molecule has 0 aliphatic heterocycles. The highest BCUT2D eigenvalue weighted by Gasteiger charge is 2.43. The lowest BCUT2D eigenvalue weighted by Crippen LogP contribution is -2.31. The number of ketones is 1. The number of benzene rings is 4. The summed E-state index contributed by atoms with van der Waals surface area (Å²) in [5.74, 6) is -5.69. The van der Waals surface area contributed by atoms with Crippen LogP contribution in [0, 0.1) is 5.92 Å². The molecule has 43 heavy (non-hydrogen) atoms. The van der Waals surface area contributed by atoms with Crippen LogP contribution in [0.25, 0.3) is 12.2 Å². The third-order valence-corrected chi connectivity index (χ3v) is 7.78. The maximum Gasteiger partial charge on any atom is 0.171 e. The molecule has 9 heteroatoms. The number of para-hydroxylation sites is 1. The summed E-state index contributed by atoms with van der Waals surface area (Å²) in [4.78, 5) is 14.2. The van der Waals surface area contributed by atoms with E-state index in [-0.39, 0.29) is 51.2 Å². The molecule has 4 aromatic rings. The molecule has 0 amide bonds. The Balaban J connectivity index is 1.63. The molecule has 0 heterocycles. The summed E-state index contributed by atoms with van der Waals surface area (Å²) in [5, 5.41) is 83.4. The van der Waals surface area contributed by atoms with Crippen molar-refractivity contribution in [3.63, 3.8) is 0 Å². The number of phenols is 8. The Morgan fingerprint density at radius 2 is 1.37 bits per heavy atom. The molecule has 0 spiro atoms. The van der Waals surface area contributed by atoms with Gasteiger partial charge in [0, 0.05) is 46.6 Å². The van der Waals surface area contributed by atoms with Crippen molar-refractivity contribution in [3.8, 4) is 46.0 Å². The van der Waals surface area contributed by atoms with Gasteiger partial charge in [-0.25, -0.2) is 0 Å². The van der Waals surface area contributed by atoms with Crippen LogP contribution in [0.1, 0.15) is 57.8 Å². The van der Waals surface area contributed by atoms with Crippen LogP contribution < -0.4 is 0 Å². The zero-order valence-corrected chi connectivity index (χ0v) is 23.0. The highest BCUT2D eigenvalue weighted by atomic mass is 16.3. The fraction of sp³-hybridized carbons (Fsp3) is 0.147. The first-order valence-electron chi connectivity index (χ1n) is 13.4. The molecule has 0 bridgehead atoms. The third-order valence-electron chi connectivity index (χ3n) is 7.78. The highest BCUT2D eigenvalue weighted by molar-refractivity contribution is 6.02. The summed E-state index contributed by atoms with van der Waals surface area (Å²) >= 11 is 0. The van der Waals surface area contributed by atoms with Gasteiger partial charge in [0.2, 0.25) is 0 Å².